The molecule has 3 aromatic heterocycles. The van der Waals surface area contributed by atoms with Crippen LogP contribution in [0.2, 0.25) is 0 Å². The Labute approximate surface area is 155 Å². The summed E-state index contributed by atoms with van der Waals surface area (Å²) >= 11 is 1.61. The molecule has 132 valence electrons. The lowest BCUT2D eigenvalue weighted by molar-refractivity contribution is 0.193. The Kier molecular flexibility index (Phi) is 3.83. The first-order chi connectivity index (χ1) is 12.8. The van der Waals surface area contributed by atoms with Gasteiger partial charge in [-0.3, -0.25) is 0 Å². The maximum atomic E-state index is 5.66. The van der Waals surface area contributed by atoms with E-state index in [-0.39, 0.29) is 0 Å². The molecule has 4 heterocycles. The van der Waals surface area contributed by atoms with E-state index < -0.39 is 0 Å². The zero-order valence-electron chi connectivity index (χ0n) is 14.5. The number of ether oxygens (including phenoxy) is 1. The molecule has 0 aliphatic carbocycles. The predicted molar refractivity (Wildman–Crippen MR) is 101 cm³/mol. The van der Waals surface area contributed by atoms with Gasteiger partial charge in [-0.25, -0.2) is 14.5 Å². The van der Waals surface area contributed by atoms with Crippen LogP contribution in [0.4, 0.5) is 0 Å². The Bertz CT molecular complexity index is 1010. The van der Waals surface area contributed by atoms with Gasteiger partial charge in [-0.1, -0.05) is 41.7 Å². The number of imidazole rings is 2. The Balaban J connectivity index is 1.55. The topological polar surface area (TPSA) is 57.2 Å². The summed E-state index contributed by atoms with van der Waals surface area (Å²) in [5, 5.41) is 5.48. The lowest BCUT2D eigenvalue weighted by atomic mass is 9.99. The zero-order chi connectivity index (χ0) is 17.5. The van der Waals surface area contributed by atoms with Crippen LogP contribution in [-0.2, 0) is 11.3 Å². The normalized spacial score (nSPS) is 17.3. The van der Waals surface area contributed by atoms with Crippen molar-refractivity contribution in [1.82, 2.24) is 24.1 Å². The highest BCUT2D eigenvalue weighted by atomic mass is 32.1. The van der Waals surface area contributed by atoms with Crippen LogP contribution in [0.1, 0.15) is 28.7 Å². The van der Waals surface area contributed by atoms with Crippen LogP contribution < -0.4 is 0 Å². The lowest BCUT2D eigenvalue weighted by Gasteiger charge is -2.14. The molecule has 0 radical (unpaired) electrons. The number of fused-ring (bicyclic) bond motifs is 1. The highest BCUT2D eigenvalue weighted by molar-refractivity contribution is 7.16. The van der Waals surface area contributed by atoms with Crippen molar-refractivity contribution in [2.45, 2.75) is 25.8 Å². The summed E-state index contributed by atoms with van der Waals surface area (Å²) in [4.78, 5) is 10.4. The van der Waals surface area contributed by atoms with Gasteiger partial charge in [-0.2, -0.15) is 5.10 Å². The Morgan fingerprint density at radius 3 is 2.92 bits per heavy atom. The molecule has 1 aliphatic heterocycles. The van der Waals surface area contributed by atoms with Crippen LogP contribution in [0.5, 0.6) is 0 Å². The summed E-state index contributed by atoms with van der Waals surface area (Å²) in [5.74, 6) is 0.372. The van der Waals surface area contributed by atoms with Crippen molar-refractivity contribution in [3.63, 3.8) is 0 Å². The summed E-state index contributed by atoms with van der Waals surface area (Å²) in [6.07, 6.45) is 4.97. The zero-order valence-corrected chi connectivity index (χ0v) is 15.3. The van der Waals surface area contributed by atoms with Gasteiger partial charge in [0.25, 0.3) is 0 Å². The van der Waals surface area contributed by atoms with Crippen LogP contribution >= 0.6 is 11.3 Å². The molecule has 1 fully saturated rings. The molecule has 0 unspecified atom stereocenters. The first-order valence-electron chi connectivity index (χ1n) is 8.78. The molecule has 1 aromatic carbocycles. The molecule has 5 rings (SSSR count). The molecular formula is C19H19N5OS. The molecule has 0 bridgehead atoms. The number of aryl methyl sites for hydroxylation is 1. The second-order valence-electron chi connectivity index (χ2n) is 6.61. The van der Waals surface area contributed by atoms with E-state index >= 15 is 0 Å². The molecule has 0 N–H and O–H groups in total. The second kappa shape index (κ2) is 6.34. The van der Waals surface area contributed by atoms with Crippen molar-refractivity contribution < 1.29 is 4.74 Å². The molecule has 1 aliphatic rings. The van der Waals surface area contributed by atoms with Crippen molar-refractivity contribution >= 4 is 16.3 Å². The van der Waals surface area contributed by atoms with Crippen LogP contribution in [0.15, 0.2) is 42.9 Å². The van der Waals surface area contributed by atoms with Gasteiger partial charge in [0.1, 0.15) is 5.01 Å². The van der Waals surface area contributed by atoms with Crippen molar-refractivity contribution in [3.8, 4) is 11.3 Å². The lowest BCUT2D eigenvalue weighted by Crippen LogP contribution is -2.10. The molecular weight excluding hydrogens is 346 g/mol. The van der Waals surface area contributed by atoms with Crippen LogP contribution in [0, 0.1) is 6.92 Å². The molecule has 4 aromatic rings. The van der Waals surface area contributed by atoms with E-state index in [1.165, 1.54) is 5.69 Å². The first kappa shape index (κ1) is 15.7. The molecule has 0 spiro atoms. The van der Waals surface area contributed by atoms with E-state index in [2.05, 4.69) is 33.9 Å². The van der Waals surface area contributed by atoms with E-state index in [4.69, 9.17) is 14.7 Å². The van der Waals surface area contributed by atoms with Crippen molar-refractivity contribution in [2.24, 2.45) is 0 Å². The minimum atomic E-state index is 0.372. The minimum absolute atomic E-state index is 0.372. The van der Waals surface area contributed by atoms with E-state index in [1.54, 1.807) is 11.3 Å². The minimum Gasteiger partial charge on any atom is -0.381 e. The molecule has 26 heavy (non-hydrogen) atoms. The van der Waals surface area contributed by atoms with Gasteiger partial charge in [0.15, 0.2) is 0 Å². The largest absolute Gasteiger partial charge is 0.381 e. The van der Waals surface area contributed by atoms with Crippen LogP contribution in [-0.4, -0.2) is 37.4 Å². The van der Waals surface area contributed by atoms with Gasteiger partial charge in [0, 0.05) is 18.1 Å². The summed E-state index contributed by atoms with van der Waals surface area (Å²) in [6, 6.07) is 10.4. The van der Waals surface area contributed by atoms with Gasteiger partial charge in [0.05, 0.1) is 42.8 Å². The fourth-order valence-electron chi connectivity index (χ4n) is 3.61. The van der Waals surface area contributed by atoms with Crippen LogP contribution in [0.25, 0.3) is 16.2 Å². The van der Waals surface area contributed by atoms with E-state index in [1.807, 2.05) is 30.0 Å². The monoisotopic (exact) mass is 365 g/mol. The molecule has 1 saturated heterocycles. The van der Waals surface area contributed by atoms with Crippen molar-refractivity contribution in [3.05, 3.63) is 59.3 Å². The van der Waals surface area contributed by atoms with Gasteiger partial charge >= 0.3 is 0 Å². The van der Waals surface area contributed by atoms with Gasteiger partial charge in [0.2, 0.25) is 4.96 Å². The third-order valence-corrected chi connectivity index (χ3v) is 5.61. The Morgan fingerprint density at radius 2 is 2.15 bits per heavy atom. The fraction of sp³-hybridized carbons (Fsp3) is 0.316. The average Bonchev–Trinajstić information content (AvgIpc) is 3.39. The van der Waals surface area contributed by atoms with Gasteiger partial charge in [-0.15, -0.1) is 0 Å². The molecule has 7 heteroatoms. The highest BCUT2D eigenvalue weighted by Crippen LogP contribution is 2.33. The highest BCUT2D eigenvalue weighted by Gasteiger charge is 2.26. The summed E-state index contributed by atoms with van der Waals surface area (Å²) in [5.41, 5.74) is 4.45. The number of nitrogens with zero attached hydrogens (tertiary/aromatic N) is 5. The molecule has 0 saturated carbocycles. The average molecular weight is 365 g/mol. The molecule has 1 atom stereocenters. The molecule has 0 amide bonds. The van der Waals surface area contributed by atoms with Crippen molar-refractivity contribution in [2.75, 3.05) is 13.2 Å². The van der Waals surface area contributed by atoms with E-state index in [0.29, 0.717) is 12.5 Å². The third kappa shape index (κ3) is 2.73. The smallest absolute Gasteiger partial charge is 0.212 e. The maximum Gasteiger partial charge on any atom is 0.212 e. The third-order valence-electron chi connectivity index (χ3n) is 4.77. The summed E-state index contributed by atoms with van der Waals surface area (Å²) < 4.78 is 9.74. The first-order valence-corrected chi connectivity index (χ1v) is 9.59. The summed E-state index contributed by atoms with van der Waals surface area (Å²) in [6.45, 7) is 4.26. The Hall–Kier alpha value is -2.51. The second-order valence-corrected chi connectivity index (χ2v) is 7.77. The molecule has 6 nitrogen and oxygen atoms in total. The fourth-order valence-corrected chi connectivity index (χ4v) is 4.35. The number of hydrogen-bond acceptors (Lipinski definition) is 5. The van der Waals surface area contributed by atoms with Crippen LogP contribution in [0.3, 0.4) is 0 Å². The van der Waals surface area contributed by atoms with Crippen molar-refractivity contribution in [1.29, 1.82) is 0 Å². The van der Waals surface area contributed by atoms with Gasteiger partial charge in [-0.05, 0) is 13.3 Å². The number of benzene rings is 1. The maximum absolute atomic E-state index is 5.66. The quantitative estimate of drug-likeness (QED) is 0.555. The van der Waals surface area contributed by atoms with E-state index in [9.17, 15) is 0 Å². The van der Waals surface area contributed by atoms with Gasteiger partial charge < -0.3 is 9.30 Å². The number of hydrogen-bond donors (Lipinski definition) is 0. The van der Waals surface area contributed by atoms with E-state index in [0.717, 1.165) is 46.6 Å². The number of rotatable bonds is 4. The Morgan fingerprint density at radius 1 is 1.27 bits per heavy atom. The summed E-state index contributed by atoms with van der Waals surface area (Å²) in [7, 11) is 0. The number of aromatic nitrogens is 5. The SMILES string of the molecule is Cc1nn2cc(Cn3cnc(-c4ccccc4)c3[C@@H]3CCOC3)nc2s1. The standard InChI is InChI=1S/C19H19N5OS/c1-13-22-24-10-16(21-19(24)26-13)9-23-12-20-17(14-5-3-2-4-6-14)18(23)15-7-8-25-11-15/h2-6,10,12,15H,7-9,11H2,1H3/t15-/m1/s1. The predicted octanol–water partition coefficient (Wildman–Crippen LogP) is 3.51.